The third kappa shape index (κ3) is 3.95. The number of nitro groups is 1. The second kappa shape index (κ2) is 8.00. The van der Waals surface area contributed by atoms with Crippen LogP contribution < -0.4 is 5.32 Å². The highest BCUT2D eigenvalue weighted by Crippen LogP contribution is 2.30. The molecule has 0 radical (unpaired) electrons. The Balaban J connectivity index is 1.77. The van der Waals surface area contributed by atoms with Crippen LogP contribution in [0.3, 0.4) is 0 Å². The first-order valence-electron chi connectivity index (χ1n) is 9.07. The molecule has 30 heavy (non-hydrogen) atoms. The maximum Gasteiger partial charge on any atom is 0.305 e. The Labute approximate surface area is 170 Å². The first-order chi connectivity index (χ1) is 14.5. The summed E-state index contributed by atoms with van der Waals surface area (Å²) in [6.45, 7) is 0.211. The molecule has 0 aliphatic heterocycles. The van der Waals surface area contributed by atoms with Crippen molar-refractivity contribution in [3.63, 3.8) is 0 Å². The van der Waals surface area contributed by atoms with E-state index in [0.29, 0.717) is 22.9 Å². The number of aromatic nitrogens is 2. The SMILES string of the molecule is O=C(O)CCNc1nc(-c2ccco2)nc2cc(-c3ccc([N+](=O)[O-])cc3)ccc12. The minimum Gasteiger partial charge on any atom is -0.481 e. The number of nitrogens with one attached hydrogen (secondary N) is 1. The molecule has 2 aromatic carbocycles. The summed E-state index contributed by atoms with van der Waals surface area (Å²) in [5.41, 5.74) is 2.29. The predicted molar refractivity (Wildman–Crippen MR) is 110 cm³/mol. The van der Waals surface area contributed by atoms with Crippen LogP contribution in [0.4, 0.5) is 11.5 Å². The molecule has 0 aliphatic carbocycles. The Morgan fingerprint density at radius 3 is 2.53 bits per heavy atom. The van der Waals surface area contributed by atoms with E-state index in [-0.39, 0.29) is 18.7 Å². The number of carbonyl (C=O) groups is 1. The van der Waals surface area contributed by atoms with E-state index in [0.717, 1.165) is 16.5 Å². The van der Waals surface area contributed by atoms with Crippen molar-refractivity contribution in [2.24, 2.45) is 0 Å². The van der Waals surface area contributed by atoms with Crippen molar-refractivity contribution >= 4 is 28.4 Å². The molecule has 0 spiro atoms. The third-order valence-electron chi connectivity index (χ3n) is 4.48. The van der Waals surface area contributed by atoms with Gasteiger partial charge in [0.2, 0.25) is 0 Å². The van der Waals surface area contributed by atoms with Gasteiger partial charge in [0, 0.05) is 24.1 Å². The van der Waals surface area contributed by atoms with E-state index in [4.69, 9.17) is 9.52 Å². The normalized spacial score (nSPS) is 10.8. The largest absolute Gasteiger partial charge is 0.481 e. The number of furan rings is 1. The lowest BCUT2D eigenvalue weighted by Gasteiger charge is -2.11. The maximum absolute atomic E-state index is 10.9. The zero-order valence-electron chi connectivity index (χ0n) is 15.6. The van der Waals surface area contributed by atoms with Crippen molar-refractivity contribution in [1.29, 1.82) is 0 Å². The third-order valence-corrected chi connectivity index (χ3v) is 4.48. The number of carboxylic acids is 1. The Bertz CT molecular complexity index is 1220. The molecule has 4 aromatic rings. The highest BCUT2D eigenvalue weighted by molar-refractivity contribution is 5.93. The average molecular weight is 404 g/mol. The summed E-state index contributed by atoms with van der Waals surface area (Å²) in [6.07, 6.45) is 1.47. The lowest BCUT2D eigenvalue weighted by atomic mass is 10.0. The summed E-state index contributed by atoms with van der Waals surface area (Å²) in [4.78, 5) is 30.4. The minimum absolute atomic E-state index is 0.0203. The molecule has 2 aromatic heterocycles. The first kappa shape index (κ1) is 19.1. The fourth-order valence-electron chi connectivity index (χ4n) is 3.02. The molecule has 4 rings (SSSR count). The van der Waals surface area contributed by atoms with Gasteiger partial charge in [0.25, 0.3) is 5.69 Å². The molecule has 150 valence electrons. The Morgan fingerprint density at radius 2 is 1.87 bits per heavy atom. The van der Waals surface area contributed by atoms with Crippen molar-refractivity contribution in [2.45, 2.75) is 6.42 Å². The minimum atomic E-state index is -0.910. The summed E-state index contributed by atoms with van der Waals surface area (Å²) in [7, 11) is 0. The monoisotopic (exact) mass is 404 g/mol. The quantitative estimate of drug-likeness (QED) is 0.343. The molecule has 0 amide bonds. The number of hydrogen-bond acceptors (Lipinski definition) is 7. The number of nitrogens with zero attached hydrogens (tertiary/aromatic N) is 3. The van der Waals surface area contributed by atoms with Gasteiger partial charge >= 0.3 is 5.97 Å². The summed E-state index contributed by atoms with van der Waals surface area (Å²) < 4.78 is 5.41. The molecule has 9 heteroatoms. The van der Waals surface area contributed by atoms with Gasteiger partial charge in [0.1, 0.15) is 5.82 Å². The summed E-state index contributed by atoms with van der Waals surface area (Å²) >= 11 is 0. The van der Waals surface area contributed by atoms with Crippen molar-refractivity contribution < 1.29 is 19.2 Å². The molecule has 0 aliphatic rings. The number of non-ortho nitro benzene ring substituents is 1. The van der Waals surface area contributed by atoms with Gasteiger partial charge in [-0.25, -0.2) is 9.97 Å². The van der Waals surface area contributed by atoms with Gasteiger partial charge in [-0.1, -0.05) is 6.07 Å². The number of anilines is 1. The van der Waals surface area contributed by atoms with Crippen LogP contribution in [0.1, 0.15) is 6.42 Å². The number of carboxylic acid groups (broad SMARTS) is 1. The van der Waals surface area contributed by atoms with Crippen LogP contribution in [0.15, 0.2) is 65.3 Å². The first-order valence-corrected chi connectivity index (χ1v) is 9.07. The van der Waals surface area contributed by atoms with Crippen LogP contribution in [0.5, 0.6) is 0 Å². The van der Waals surface area contributed by atoms with Gasteiger partial charge in [0.05, 0.1) is 23.1 Å². The van der Waals surface area contributed by atoms with Crippen LogP contribution in [0.2, 0.25) is 0 Å². The molecule has 9 nitrogen and oxygen atoms in total. The number of nitro benzene ring substituents is 1. The van der Waals surface area contributed by atoms with E-state index in [9.17, 15) is 14.9 Å². The average Bonchev–Trinajstić information content (AvgIpc) is 3.28. The number of hydrogen-bond donors (Lipinski definition) is 2. The Kier molecular flexibility index (Phi) is 5.08. The van der Waals surface area contributed by atoms with E-state index in [1.54, 1.807) is 24.3 Å². The fraction of sp³-hybridized carbons (Fsp3) is 0.0952. The van der Waals surface area contributed by atoms with Gasteiger partial charge in [-0.3, -0.25) is 14.9 Å². The molecule has 0 bridgehead atoms. The van der Waals surface area contributed by atoms with Crippen LogP contribution in [-0.2, 0) is 4.79 Å². The van der Waals surface area contributed by atoms with Crippen molar-refractivity contribution in [3.8, 4) is 22.7 Å². The topological polar surface area (TPSA) is 131 Å². The molecule has 0 fully saturated rings. The lowest BCUT2D eigenvalue weighted by molar-refractivity contribution is -0.384. The van der Waals surface area contributed by atoms with Crippen molar-refractivity contribution in [2.75, 3.05) is 11.9 Å². The van der Waals surface area contributed by atoms with Gasteiger partial charge in [-0.2, -0.15) is 0 Å². The van der Waals surface area contributed by atoms with E-state index in [1.165, 1.54) is 18.4 Å². The summed E-state index contributed by atoms with van der Waals surface area (Å²) in [5, 5.41) is 23.5. The Morgan fingerprint density at radius 1 is 1.10 bits per heavy atom. The van der Waals surface area contributed by atoms with E-state index < -0.39 is 10.9 Å². The fourth-order valence-corrected chi connectivity index (χ4v) is 3.02. The maximum atomic E-state index is 10.9. The van der Waals surface area contributed by atoms with Gasteiger partial charge in [0.15, 0.2) is 11.6 Å². The van der Waals surface area contributed by atoms with Gasteiger partial charge < -0.3 is 14.8 Å². The highest BCUT2D eigenvalue weighted by Gasteiger charge is 2.13. The van der Waals surface area contributed by atoms with Crippen molar-refractivity contribution in [1.82, 2.24) is 9.97 Å². The molecule has 0 unspecified atom stereocenters. The molecule has 2 N–H and O–H groups in total. The van der Waals surface area contributed by atoms with Crippen LogP contribution in [0, 0.1) is 10.1 Å². The van der Waals surface area contributed by atoms with E-state index in [1.807, 2.05) is 18.2 Å². The Hall–Kier alpha value is -4.27. The zero-order valence-corrected chi connectivity index (χ0v) is 15.6. The van der Waals surface area contributed by atoms with Crippen LogP contribution in [0.25, 0.3) is 33.6 Å². The van der Waals surface area contributed by atoms with E-state index in [2.05, 4.69) is 15.3 Å². The number of benzene rings is 2. The summed E-state index contributed by atoms with van der Waals surface area (Å²) in [5.74, 6) is 0.445. The highest BCUT2D eigenvalue weighted by atomic mass is 16.6. The molecule has 2 heterocycles. The number of rotatable bonds is 7. The van der Waals surface area contributed by atoms with E-state index >= 15 is 0 Å². The second-order valence-electron chi connectivity index (χ2n) is 6.48. The molecule has 0 atom stereocenters. The van der Waals surface area contributed by atoms with Gasteiger partial charge in [-0.15, -0.1) is 0 Å². The molecular formula is C21H16N4O5. The zero-order chi connectivity index (χ0) is 21.1. The molecule has 0 saturated carbocycles. The standard InChI is InChI=1S/C21H16N4O5/c26-19(27)9-10-22-20-16-8-5-14(13-3-6-15(7-4-13)25(28)29)12-17(16)23-21(24-20)18-2-1-11-30-18/h1-8,11-12H,9-10H2,(H,26,27)(H,22,23,24). The lowest BCUT2D eigenvalue weighted by Crippen LogP contribution is -2.09. The molecular weight excluding hydrogens is 388 g/mol. The molecule has 0 saturated heterocycles. The number of aliphatic carboxylic acids is 1. The second-order valence-corrected chi connectivity index (χ2v) is 6.48. The van der Waals surface area contributed by atoms with Gasteiger partial charge in [-0.05, 0) is 47.5 Å². The smallest absolute Gasteiger partial charge is 0.305 e. The van der Waals surface area contributed by atoms with Crippen LogP contribution >= 0.6 is 0 Å². The predicted octanol–water partition coefficient (Wildman–Crippen LogP) is 4.35. The summed E-state index contributed by atoms with van der Waals surface area (Å²) in [6, 6.07) is 15.3. The van der Waals surface area contributed by atoms with Crippen LogP contribution in [-0.4, -0.2) is 32.5 Å². The van der Waals surface area contributed by atoms with Crippen molar-refractivity contribution in [3.05, 3.63) is 71.0 Å². The number of fused-ring (bicyclic) bond motifs is 1.